The van der Waals surface area contributed by atoms with Crippen molar-refractivity contribution >= 4 is 33.1 Å². The smallest absolute Gasteiger partial charge is 0.319 e. The third-order valence-corrected chi connectivity index (χ3v) is 5.81. The number of carbonyl (C=O) groups is 1. The van der Waals surface area contributed by atoms with Crippen LogP contribution in [0.3, 0.4) is 0 Å². The summed E-state index contributed by atoms with van der Waals surface area (Å²) < 4.78 is 26.2. The fourth-order valence-electron chi connectivity index (χ4n) is 2.26. The maximum absolute atomic E-state index is 12.1. The number of aliphatic hydroxyl groups excluding tert-OH is 1. The summed E-state index contributed by atoms with van der Waals surface area (Å²) in [4.78, 5) is 12.1. The monoisotopic (exact) mass is 383 g/mol. The highest BCUT2D eigenvalue weighted by Gasteiger charge is 2.18. The summed E-state index contributed by atoms with van der Waals surface area (Å²) in [6.07, 6.45) is 0.658. The number of rotatable bonds is 8. The van der Waals surface area contributed by atoms with Crippen LogP contribution in [0.2, 0.25) is 0 Å². The molecule has 7 nitrogen and oxygen atoms in total. The Hall–Kier alpha value is -1.94. The van der Waals surface area contributed by atoms with Gasteiger partial charge in [0.25, 0.3) is 0 Å². The number of hydrogen-bond donors (Lipinski definition) is 4. The highest BCUT2D eigenvalue weighted by Crippen LogP contribution is 2.20. The van der Waals surface area contributed by atoms with E-state index in [1.165, 1.54) is 19.2 Å². The van der Waals surface area contributed by atoms with Crippen molar-refractivity contribution in [3.63, 3.8) is 0 Å². The van der Waals surface area contributed by atoms with Crippen LogP contribution in [0.15, 0.2) is 46.0 Å². The van der Waals surface area contributed by atoms with Gasteiger partial charge in [-0.3, -0.25) is 0 Å². The summed E-state index contributed by atoms with van der Waals surface area (Å²) in [5.41, 5.74) is 1.30. The maximum Gasteiger partial charge on any atom is 0.319 e. The van der Waals surface area contributed by atoms with Gasteiger partial charge in [-0.05, 0) is 48.0 Å². The van der Waals surface area contributed by atoms with Crippen LogP contribution in [-0.2, 0) is 16.4 Å². The third-order valence-electron chi connectivity index (χ3n) is 3.61. The largest absolute Gasteiger partial charge is 0.396 e. The minimum atomic E-state index is -3.68. The molecule has 1 unspecified atom stereocenters. The fraction of sp³-hybridized carbons (Fsp3) is 0.312. The second kappa shape index (κ2) is 8.95. The number of thiophene rings is 1. The molecule has 9 heteroatoms. The van der Waals surface area contributed by atoms with Crippen molar-refractivity contribution in [1.29, 1.82) is 0 Å². The number of amides is 2. The molecule has 0 aliphatic rings. The van der Waals surface area contributed by atoms with E-state index in [4.69, 9.17) is 0 Å². The minimum Gasteiger partial charge on any atom is -0.396 e. The van der Waals surface area contributed by atoms with E-state index in [9.17, 15) is 18.3 Å². The topological polar surface area (TPSA) is 108 Å². The van der Waals surface area contributed by atoms with Gasteiger partial charge in [0.1, 0.15) is 4.90 Å². The molecule has 136 valence electrons. The summed E-state index contributed by atoms with van der Waals surface area (Å²) in [6, 6.07) is 7.59. The van der Waals surface area contributed by atoms with Gasteiger partial charge in [0, 0.05) is 19.1 Å². The molecule has 0 aliphatic heterocycles. The SMILES string of the molecule is CNS(=O)(=O)c1ccccc1NC(=O)NCC(CO)Cc1ccsc1. The van der Waals surface area contributed by atoms with Gasteiger partial charge in [-0.2, -0.15) is 11.3 Å². The molecular formula is C16H21N3O4S2. The zero-order chi connectivity index (χ0) is 18.3. The Labute approximate surface area is 151 Å². The molecule has 4 N–H and O–H groups in total. The Balaban J connectivity index is 1.96. The normalized spacial score (nSPS) is 12.6. The molecule has 1 aromatic carbocycles. The second-order valence-corrected chi connectivity index (χ2v) is 8.06. The van der Waals surface area contributed by atoms with E-state index < -0.39 is 16.1 Å². The summed E-state index contributed by atoms with van der Waals surface area (Å²) >= 11 is 1.58. The quantitative estimate of drug-likeness (QED) is 0.556. The number of benzene rings is 1. The molecule has 0 aliphatic carbocycles. The fourth-order valence-corrected chi connectivity index (χ4v) is 3.83. The van der Waals surface area contributed by atoms with Crippen LogP contribution >= 0.6 is 11.3 Å². The summed E-state index contributed by atoms with van der Waals surface area (Å²) in [7, 11) is -2.37. The molecule has 0 fully saturated rings. The van der Waals surface area contributed by atoms with Crippen LogP contribution in [0.25, 0.3) is 0 Å². The Morgan fingerprint density at radius 3 is 2.68 bits per heavy atom. The maximum atomic E-state index is 12.1. The molecule has 1 atom stereocenters. The van der Waals surface area contributed by atoms with Gasteiger partial charge < -0.3 is 15.7 Å². The van der Waals surface area contributed by atoms with E-state index in [0.717, 1.165) is 5.56 Å². The first-order valence-corrected chi connectivity index (χ1v) is 10.1. The predicted octanol–water partition coefficient (Wildman–Crippen LogP) is 1.63. The van der Waals surface area contributed by atoms with Gasteiger partial charge in [0.05, 0.1) is 5.69 Å². The summed E-state index contributed by atoms with van der Waals surface area (Å²) in [5.74, 6) is -0.114. The zero-order valence-corrected chi connectivity index (χ0v) is 15.4. The van der Waals surface area contributed by atoms with Crippen LogP contribution in [0, 0.1) is 5.92 Å². The average molecular weight is 383 g/mol. The first kappa shape index (κ1) is 19.4. The number of carbonyl (C=O) groups excluding carboxylic acids is 1. The number of urea groups is 1. The van der Waals surface area contributed by atoms with Crippen LogP contribution in [-0.4, -0.2) is 39.8 Å². The Morgan fingerprint density at radius 2 is 2.04 bits per heavy atom. The number of para-hydroxylation sites is 1. The lowest BCUT2D eigenvalue weighted by atomic mass is 10.0. The molecule has 1 aromatic heterocycles. The van der Waals surface area contributed by atoms with Gasteiger partial charge in [-0.25, -0.2) is 17.9 Å². The van der Waals surface area contributed by atoms with E-state index >= 15 is 0 Å². The molecule has 2 aromatic rings. The van der Waals surface area contributed by atoms with Crippen molar-refractivity contribution in [3.05, 3.63) is 46.7 Å². The van der Waals surface area contributed by atoms with Crippen molar-refractivity contribution in [1.82, 2.24) is 10.0 Å². The first-order valence-electron chi connectivity index (χ1n) is 7.65. The van der Waals surface area contributed by atoms with Crippen molar-refractivity contribution in [3.8, 4) is 0 Å². The average Bonchev–Trinajstić information content (AvgIpc) is 3.12. The number of anilines is 1. The molecule has 0 radical (unpaired) electrons. The van der Waals surface area contributed by atoms with E-state index in [0.29, 0.717) is 6.42 Å². The molecule has 0 saturated heterocycles. The van der Waals surface area contributed by atoms with Gasteiger partial charge in [0.15, 0.2) is 0 Å². The number of aliphatic hydroxyl groups is 1. The molecule has 1 heterocycles. The lowest BCUT2D eigenvalue weighted by Gasteiger charge is -2.16. The molecule has 0 saturated carbocycles. The van der Waals surface area contributed by atoms with Crippen molar-refractivity contribution in [2.75, 3.05) is 25.5 Å². The van der Waals surface area contributed by atoms with Crippen LogP contribution in [0.1, 0.15) is 5.56 Å². The zero-order valence-electron chi connectivity index (χ0n) is 13.7. The van der Waals surface area contributed by atoms with Crippen molar-refractivity contribution in [2.24, 2.45) is 5.92 Å². The van der Waals surface area contributed by atoms with E-state index in [1.807, 2.05) is 16.8 Å². The highest BCUT2D eigenvalue weighted by atomic mass is 32.2. The van der Waals surface area contributed by atoms with Crippen LogP contribution in [0.5, 0.6) is 0 Å². The first-order chi connectivity index (χ1) is 12.0. The van der Waals surface area contributed by atoms with Crippen molar-refractivity contribution < 1.29 is 18.3 Å². The molecule has 2 amide bonds. The number of sulfonamides is 1. The Morgan fingerprint density at radius 1 is 1.28 bits per heavy atom. The van der Waals surface area contributed by atoms with Crippen LogP contribution in [0.4, 0.5) is 10.5 Å². The highest BCUT2D eigenvalue weighted by molar-refractivity contribution is 7.89. The third kappa shape index (κ3) is 5.53. The Bertz CT molecular complexity index is 791. The molecule has 2 rings (SSSR count). The number of hydrogen-bond acceptors (Lipinski definition) is 5. The van der Waals surface area contributed by atoms with Gasteiger partial charge >= 0.3 is 6.03 Å². The summed E-state index contributed by atoms with van der Waals surface area (Å²) in [6.45, 7) is 0.222. The standard InChI is InChI=1S/C16H21N3O4S2/c1-17-25(22,23)15-5-3-2-4-14(15)19-16(21)18-9-13(10-20)8-12-6-7-24-11-12/h2-7,11,13,17,20H,8-10H2,1H3,(H2,18,19,21). The molecule has 0 spiro atoms. The van der Waals surface area contributed by atoms with Crippen molar-refractivity contribution in [2.45, 2.75) is 11.3 Å². The lowest BCUT2D eigenvalue weighted by molar-refractivity contribution is 0.218. The lowest BCUT2D eigenvalue weighted by Crippen LogP contribution is -2.35. The number of nitrogens with one attached hydrogen (secondary N) is 3. The van der Waals surface area contributed by atoms with E-state index in [2.05, 4.69) is 15.4 Å². The van der Waals surface area contributed by atoms with E-state index in [-0.39, 0.29) is 29.7 Å². The van der Waals surface area contributed by atoms with E-state index in [1.54, 1.807) is 23.5 Å². The minimum absolute atomic E-state index is 0.00960. The summed E-state index contributed by atoms with van der Waals surface area (Å²) in [5, 5.41) is 18.6. The Kier molecular flexibility index (Phi) is 6.94. The second-order valence-electron chi connectivity index (χ2n) is 5.42. The van der Waals surface area contributed by atoms with Gasteiger partial charge in [0.2, 0.25) is 10.0 Å². The molecule has 0 bridgehead atoms. The predicted molar refractivity (Wildman–Crippen MR) is 98.3 cm³/mol. The molecular weight excluding hydrogens is 362 g/mol. The van der Waals surface area contributed by atoms with Gasteiger partial charge in [-0.1, -0.05) is 12.1 Å². The van der Waals surface area contributed by atoms with Gasteiger partial charge in [-0.15, -0.1) is 0 Å². The molecule has 25 heavy (non-hydrogen) atoms. The van der Waals surface area contributed by atoms with Crippen LogP contribution < -0.4 is 15.4 Å².